The first-order valence-corrected chi connectivity index (χ1v) is 10.5. The Morgan fingerprint density at radius 3 is 2.30 bits per heavy atom. The van der Waals surface area contributed by atoms with Crippen LogP contribution in [0.5, 0.6) is 0 Å². The Morgan fingerprint density at radius 1 is 0.963 bits per heavy atom. The van der Waals surface area contributed by atoms with Crippen LogP contribution in [-0.4, -0.2) is 38.4 Å². The maximum atomic E-state index is 12.6. The number of hydrogen-bond acceptors (Lipinski definition) is 4. The zero-order chi connectivity index (χ0) is 19.1. The Balaban J connectivity index is 1.58. The molecule has 2 aromatic rings. The molecule has 142 valence electrons. The molecule has 6 heteroatoms. The molecule has 0 atom stereocenters. The lowest BCUT2D eigenvalue weighted by molar-refractivity contribution is 0.0550. The van der Waals surface area contributed by atoms with Gasteiger partial charge in [0.05, 0.1) is 10.5 Å². The van der Waals surface area contributed by atoms with Gasteiger partial charge in [-0.2, -0.15) is 4.31 Å². The smallest absolute Gasteiger partial charge is 0.338 e. The molecule has 5 nitrogen and oxygen atoms in total. The molecule has 0 spiro atoms. The molecule has 1 saturated heterocycles. The number of carbonyl (C=O) groups is 1. The van der Waals surface area contributed by atoms with E-state index in [4.69, 9.17) is 4.74 Å². The lowest BCUT2D eigenvalue weighted by Crippen LogP contribution is -2.35. The number of rotatable bonds is 6. The molecule has 0 aromatic heterocycles. The van der Waals surface area contributed by atoms with Crippen molar-refractivity contribution < 1.29 is 17.9 Å². The predicted octanol–water partition coefficient (Wildman–Crippen LogP) is 3.73. The summed E-state index contributed by atoms with van der Waals surface area (Å²) in [6, 6.07) is 15.7. The highest BCUT2D eigenvalue weighted by Gasteiger charge is 2.25. The quantitative estimate of drug-likeness (QED) is 0.711. The van der Waals surface area contributed by atoms with Gasteiger partial charge in [-0.05, 0) is 48.7 Å². The summed E-state index contributed by atoms with van der Waals surface area (Å²) in [6.07, 6.45) is 6.49. The summed E-state index contributed by atoms with van der Waals surface area (Å²) in [7, 11) is -3.49. The zero-order valence-electron chi connectivity index (χ0n) is 15.1. The van der Waals surface area contributed by atoms with Gasteiger partial charge in [0.15, 0.2) is 0 Å². The van der Waals surface area contributed by atoms with Crippen molar-refractivity contribution in [3.8, 4) is 0 Å². The molecule has 0 bridgehead atoms. The molecule has 1 aliphatic rings. The van der Waals surface area contributed by atoms with Crippen LogP contribution in [0.4, 0.5) is 0 Å². The number of carbonyl (C=O) groups excluding carboxylic acids is 1. The van der Waals surface area contributed by atoms with Gasteiger partial charge >= 0.3 is 5.97 Å². The third-order valence-corrected chi connectivity index (χ3v) is 6.38. The predicted molar refractivity (Wildman–Crippen MR) is 105 cm³/mol. The second-order valence-electron chi connectivity index (χ2n) is 6.40. The van der Waals surface area contributed by atoms with Crippen LogP contribution in [0.1, 0.15) is 35.2 Å². The average Bonchev–Trinajstić information content (AvgIpc) is 2.72. The SMILES string of the molecule is O=C(OCC=Cc1ccccc1)c1ccc(S(=O)(=O)N2CCCCC2)cc1. The summed E-state index contributed by atoms with van der Waals surface area (Å²) in [5.74, 6) is -0.477. The Morgan fingerprint density at radius 2 is 1.63 bits per heavy atom. The number of ether oxygens (including phenoxy) is 1. The van der Waals surface area contributed by atoms with E-state index in [2.05, 4.69) is 0 Å². The topological polar surface area (TPSA) is 63.7 Å². The normalized spacial score (nSPS) is 15.7. The lowest BCUT2D eigenvalue weighted by atomic mass is 10.2. The van der Waals surface area contributed by atoms with E-state index in [1.54, 1.807) is 6.08 Å². The minimum atomic E-state index is -3.49. The van der Waals surface area contributed by atoms with Crippen LogP contribution in [-0.2, 0) is 14.8 Å². The van der Waals surface area contributed by atoms with Gasteiger partial charge in [0.25, 0.3) is 0 Å². The maximum Gasteiger partial charge on any atom is 0.338 e. The van der Waals surface area contributed by atoms with Gasteiger partial charge in [0, 0.05) is 13.1 Å². The summed E-state index contributed by atoms with van der Waals surface area (Å²) in [5.41, 5.74) is 1.36. The van der Waals surface area contributed by atoms with Gasteiger partial charge in [-0.3, -0.25) is 0 Å². The van der Waals surface area contributed by atoms with Crippen molar-refractivity contribution in [2.45, 2.75) is 24.2 Å². The van der Waals surface area contributed by atoms with Crippen molar-refractivity contribution in [1.29, 1.82) is 0 Å². The molecule has 0 N–H and O–H groups in total. The second-order valence-corrected chi connectivity index (χ2v) is 8.34. The van der Waals surface area contributed by atoms with Gasteiger partial charge in [0.2, 0.25) is 10.0 Å². The molecule has 2 aromatic carbocycles. The minimum absolute atomic E-state index is 0.154. The number of esters is 1. The van der Waals surface area contributed by atoms with Crippen LogP contribution < -0.4 is 0 Å². The van der Waals surface area contributed by atoms with E-state index in [9.17, 15) is 13.2 Å². The summed E-state index contributed by atoms with van der Waals surface area (Å²) in [6.45, 7) is 1.27. The Kier molecular flexibility index (Phi) is 6.42. The van der Waals surface area contributed by atoms with Crippen molar-refractivity contribution >= 4 is 22.1 Å². The molecule has 0 amide bonds. The monoisotopic (exact) mass is 385 g/mol. The standard InChI is InChI=1S/C21H23NO4S/c23-21(26-17-7-10-18-8-3-1-4-9-18)19-11-13-20(14-12-19)27(24,25)22-15-5-2-6-16-22/h1,3-4,7-14H,2,5-6,15-17H2. The number of nitrogens with zero attached hydrogens (tertiary/aromatic N) is 1. The van der Waals surface area contributed by atoms with E-state index < -0.39 is 16.0 Å². The average molecular weight is 385 g/mol. The van der Waals surface area contributed by atoms with Gasteiger partial charge in [-0.15, -0.1) is 0 Å². The molecule has 1 heterocycles. The van der Waals surface area contributed by atoms with Crippen molar-refractivity contribution in [3.05, 3.63) is 71.8 Å². The third kappa shape index (κ3) is 5.05. The minimum Gasteiger partial charge on any atom is -0.458 e. The van der Waals surface area contributed by atoms with Crippen molar-refractivity contribution in [1.82, 2.24) is 4.31 Å². The molecular weight excluding hydrogens is 362 g/mol. The molecule has 27 heavy (non-hydrogen) atoms. The highest BCUT2D eigenvalue weighted by molar-refractivity contribution is 7.89. The fraction of sp³-hybridized carbons (Fsp3) is 0.286. The largest absolute Gasteiger partial charge is 0.458 e. The Labute approximate surface area is 160 Å². The lowest BCUT2D eigenvalue weighted by Gasteiger charge is -2.25. The summed E-state index contributed by atoms with van der Waals surface area (Å²) in [5, 5.41) is 0. The van der Waals surface area contributed by atoms with Crippen LogP contribution in [0, 0.1) is 0 Å². The van der Waals surface area contributed by atoms with E-state index >= 15 is 0 Å². The van der Waals surface area contributed by atoms with Crippen molar-refractivity contribution in [2.24, 2.45) is 0 Å². The van der Waals surface area contributed by atoms with E-state index in [0.29, 0.717) is 18.7 Å². The first-order chi connectivity index (χ1) is 13.1. The summed E-state index contributed by atoms with van der Waals surface area (Å²) < 4.78 is 31.9. The summed E-state index contributed by atoms with van der Waals surface area (Å²) in [4.78, 5) is 12.3. The Hall–Kier alpha value is -2.44. The molecule has 1 aliphatic heterocycles. The fourth-order valence-corrected chi connectivity index (χ4v) is 4.49. The van der Waals surface area contributed by atoms with E-state index in [0.717, 1.165) is 24.8 Å². The fourth-order valence-electron chi connectivity index (χ4n) is 2.97. The van der Waals surface area contributed by atoms with Gasteiger partial charge in [-0.1, -0.05) is 42.8 Å². The van der Waals surface area contributed by atoms with Crippen LogP contribution >= 0.6 is 0 Å². The highest BCUT2D eigenvalue weighted by atomic mass is 32.2. The first kappa shape index (κ1) is 19.3. The van der Waals surface area contributed by atoms with E-state index in [1.807, 2.05) is 36.4 Å². The molecule has 0 aliphatic carbocycles. The molecule has 0 radical (unpaired) electrons. The number of hydrogen-bond donors (Lipinski definition) is 0. The summed E-state index contributed by atoms with van der Waals surface area (Å²) >= 11 is 0. The highest BCUT2D eigenvalue weighted by Crippen LogP contribution is 2.21. The number of benzene rings is 2. The Bertz CT molecular complexity index is 884. The van der Waals surface area contributed by atoms with Gasteiger partial charge < -0.3 is 4.74 Å². The van der Waals surface area contributed by atoms with E-state index in [1.165, 1.54) is 28.6 Å². The van der Waals surface area contributed by atoms with Crippen LogP contribution in [0.3, 0.4) is 0 Å². The van der Waals surface area contributed by atoms with Crippen LogP contribution in [0.2, 0.25) is 0 Å². The van der Waals surface area contributed by atoms with Crippen molar-refractivity contribution in [2.75, 3.05) is 19.7 Å². The van der Waals surface area contributed by atoms with E-state index in [-0.39, 0.29) is 11.5 Å². The second kappa shape index (κ2) is 8.97. The maximum absolute atomic E-state index is 12.6. The molecular formula is C21H23NO4S. The molecule has 0 saturated carbocycles. The number of sulfonamides is 1. The van der Waals surface area contributed by atoms with Gasteiger partial charge in [-0.25, -0.2) is 13.2 Å². The van der Waals surface area contributed by atoms with Crippen molar-refractivity contribution in [3.63, 3.8) is 0 Å². The molecule has 3 rings (SSSR count). The third-order valence-electron chi connectivity index (χ3n) is 4.46. The first-order valence-electron chi connectivity index (χ1n) is 9.06. The van der Waals surface area contributed by atoms with Crippen LogP contribution in [0.25, 0.3) is 6.08 Å². The number of piperidine rings is 1. The van der Waals surface area contributed by atoms with Gasteiger partial charge in [0.1, 0.15) is 6.61 Å². The zero-order valence-corrected chi connectivity index (χ0v) is 15.9. The molecule has 1 fully saturated rings. The molecule has 0 unspecified atom stereocenters. The van der Waals surface area contributed by atoms with Crippen LogP contribution in [0.15, 0.2) is 65.6 Å².